The number of alkyl halides is 3. The van der Waals surface area contributed by atoms with Crippen molar-refractivity contribution in [2.45, 2.75) is 45.0 Å². The molecule has 0 fully saturated rings. The van der Waals surface area contributed by atoms with Crippen molar-refractivity contribution >= 4 is 11.8 Å². The Labute approximate surface area is 125 Å². The molecule has 0 saturated carbocycles. The largest absolute Gasteiger partial charge is 0.444 e. The summed E-state index contributed by atoms with van der Waals surface area (Å²) in [7, 11) is 0. The molecule has 1 rings (SSSR count). The molecule has 0 bridgehead atoms. The SMILES string of the molecule is CC(C)(C)OC(=O)Nc1ccc(F)c(CC(N)C(F)(F)F)c1. The van der Waals surface area contributed by atoms with E-state index in [-0.39, 0.29) is 11.3 Å². The van der Waals surface area contributed by atoms with Crippen LogP contribution in [0.2, 0.25) is 0 Å². The second-order valence-corrected chi connectivity index (χ2v) is 5.79. The van der Waals surface area contributed by atoms with Crippen LogP contribution in [0.5, 0.6) is 0 Å². The predicted octanol–water partition coefficient (Wildman–Crippen LogP) is 3.60. The lowest BCUT2D eigenvalue weighted by atomic mass is 10.0. The van der Waals surface area contributed by atoms with E-state index in [1.165, 1.54) is 6.07 Å². The number of carbonyl (C=O) groups excluding carboxylic acids is 1. The standard InChI is InChI=1S/C14H18F4N2O2/c1-13(2,3)22-12(21)20-9-4-5-10(15)8(6-9)7-11(19)14(16,17)18/h4-6,11H,7,19H2,1-3H3,(H,20,21). The van der Waals surface area contributed by atoms with Gasteiger partial charge < -0.3 is 10.5 Å². The van der Waals surface area contributed by atoms with E-state index in [0.717, 1.165) is 12.1 Å². The molecule has 0 aliphatic heterocycles. The van der Waals surface area contributed by atoms with Crippen LogP contribution in [0.3, 0.4) is 0 Å². The van der Waals surface area contributed by atoms with Crippen molar-refractivity contribution in [2.75, 3.05) is 5.32 Å². The monoisotopic (exact) mass is 322 g/mol. The number of amides is 1. The number of benzene rings is 1. The Morgan fingerprint density at radius 2 is 1.91 bits per heavy atom. The molecule has 1 amide bonds. The third-order valence-corrected chi connectivity index (χ3v) is 2.55. The van der Waals surface area contributed by atoms with Crippen molar-refractivity contribution in [2.24, 2.45) is 5.73 Å². The van der Waals surface area contributed by atoms with Crippen molar-refractivity contribution in [1.82, 2.24) is 0 Å². The second-order valence-electron chi connectivity index (χ2n) is 5.79. The highest BCUT2D eigenvalue weighted by Crippen LogP contribution is 2.24. The van der Waals surface area contributed by atoms with Gasteiger partial charge in [0.1, 0.15) is 17.5 Å². The Balaban J connectivity index is 2.84. The molecule has 0 aliphatic carbocycles. The number of hydrogen-bond acceptors (Lipinski definition) is 3. The molecule has 124 valence electrons. The average molecular weight is 322 g/mol. The molecule has 8 heteroatoms. The summed E-state index contributed by atoms with van der Waals surface area (Å²) in [5, 5.41) is 2.33. The van der Waals surface area contributed by atoms with Gasteiger partial charge in [0, 0.05) is 5.69 Å². The Morgan fingerprint density at radius 3 is 2.41 bits per heavy atom. The van der Waals surface area contributed by atoms with Crippen LogP contribution in [-0.2, 0) is 11.2 Å². The average Bonchev–Trinajstić information content (AvgIpc) is 2.29. The molecule has 1 aromatic rings. The van der Waals surface area contributed by atoms with Gasteiger partial charge in [0.2, 0.25) is 0 Å². The van der Waals surface area contributed by atoms with Crippen LogP contribution < -0.4 is 11.1 Å². The first kappa shape index (κ1) is 18.2. The fourth-order valence-electron chi connectivity index (χ4n) is 1.58. The molecule has 3 N–H and O–H groups in total. The number of ether oxygens (including phenoxy) is 1. The molecule has 0 aromatic heterocycles. The second kappa shape index (κ2) is 6.51. The minimum absolute atomic E-state index is 0.125. The molecule has 0 heterocycles. The van der Waals surface area contributed by atoms with E-state index in [1.807, 2.05) is 0 Å². The molecule has 0 saturated heterocycles. The normalized spacial score (nSPS) is 13.6. The van der Waals surface area contributed by atoms with Gasteiger partial charge in [-0.25, -0.2) is 9.18 Å². The molecular weight excluding hydrogens is 304 g/mol. The fourth-order valence-corrected chi connectivity index (χ4v) is 1.58. The number of hydrogen-bond donors (Lipinski definition) is 2. The van der Waals surface area contributed by atoms with E-state index in [1.54, 1.807) is 20.8 Å². The lowest BCUT2D eigenvalue weighted by Gasteiger charge is -2.20. The molecule has 0 spiro atoms. The smallest absolute Gasteiger partial charge is 0.412 e. The summed E-state index contributed by atoms with van der Waals surface area (Å²) in [5.41, 5.74) is 4.14. The highest BCUT2D eigenvalue weighted by Gasteiger charge is 2.37. The Hall–Kier alpha value is -1.83. The lowest BCUT2D eigenvalue weighted by Crippen LogP contribution is -2.39. The van der Waals surface area contributed by atoms with Gasteiger partial charge in [-0.2, -0.15) is 13.2 Å². The van der Waals surface area contributed by atoms with Crippen LogP contribution in [0.1, 0.15) is 26.3 Å². The van der Waals surface area contributed by atoms with Gasteiger partial charge in [-0.3, -0.25) is 5.32 Å². The van der Waals surface area contributed by atoms with Crippen LogP contribution in [0, 0.1) is 5.82 Å². The van der Waals surface area contributed by atoms with Gasteiger partial charge >= 0.3 is 12.3 Å². The van der Waals surface area contributed by atoms with Gasteiger partial charge in [-0.05, 0) is 51.0 Å². The molecule has 4 nitrogen and oxygen atoms in total. The maximum atomic E-state index is 13.6. The van der Waals surface area contributed by atoms with Gasteiger partial charge in [0.15, 0.2) is 0 Å². The van der Waals surface area contributed by atoms with Crippen LogP contribution >= 0.6 is 0 Å². The van der Waals surface area contributed by atoms with E-state index in [2.05, 4.69) is 5.32 Å². The van der Waals surface area contributed by atoms with Crippen LogP contribution in [0.4, 0.5) is 28.0 Å². The van der Waals surface area contributed by atoms with Gasteiger partial charge in [0.05, 0.1) is 0 Å². The van der Waals surface area contributed by atoms with Crippen molar-refractivity contribution in [1.29, 1.82) is 0 Å². The highest BCUT2D eigenvalue weighted by molar-refractivity contribution is 5.84. The number of rotatable bonds is 3. The molecule has 1 unspecified atom stereocenters. The summed E-state index contributed by atoms with van der Waals surface area (Å²) < 4.78 is 55.8. The lowest BCUT2D eigenvalue weighted by molar-refractivity contribution is -0.147. The summed E-state index contributed by atoms with van der Waals surface area (Å²) in [6, 6.07) is 1.11. The first-order valence-corrected chi connectivity index (χ1v) is 6.49. The number of nitrogens with one attached hydrogen (secondary N) is 1. The van der Waals surface area contributed by atoms with Gasteiger partial charge in [-0.15, -0.1) is 0 Å². The van der Waals surface area contributed by atoms with Crippen LogP contribution in [-0.4, -0.2) is 23.9 Å². The Kier molecular flexibility index (Phi) is 5.39. The molecule has 0 aliphatic rings. The third-order valence-electron chi connectivity index (χ3n) is 2.55. The van der Waals surface area contributed by atoms with E-state index < -0.39 is 36.2 Å². The highest BCUT2D eigenvalue weighted by atomic mass is 19.4. The van der Waals surface area contributed by atoms with Crippen LogP contribution in [0.25, 0.3) is 0 Å². The minimum atomic E-state index is -4.62. The first-order valence-electron chi connectivity index (χ1n) is 6.49. The quantitative estimate of drug-likeness (QED) is 0.836. The topological polar surface area (TPSA) is 64.3 Å². The van der Waals surface area contributed by atoms with E-state index in [0.29, 0.717) is 0 Å². The Bertz CT molecular complexity index is 539. The summed E-state index contributed by atoms with van der Waals surface area (Å²) in [4.78, 5) is 11.6. The zero-order valence-corrected chi connectivity index (χ0v) is 12.4. The van der Waals surface area contributed by atoms with Crippen molar-refractivity contribution in [3.05, 3.63) is 29.6 Å². The van der Waals surface area contributed by atoms with Crippen LogP contribution in [0.15, 0.2) is 18.2 Å². The maximum absolute atomic E-state index is 13.6. The number of halogens is 4. The van der Waals surface area contributed by atoms with Crippen molar-refractivity contribution in [3.8, 4) is 0 Å². The summed E-state index contributed by atoms with van der Waals surface area (Å²) in [6.07, 6.45) is -6.13. The predicted molar refractivity (Wildman–Crippen MR) is 74.0 cm³/mol. The molecule has 1 aromatic carbocycles. The Morgan fingerprint density at radius 1 is 1.32 bits per heavy atom. The van der Waals surface area contributed by atoms with E-state index in [4.69, 9.17) is 10.5 Å². The van der Waals surface area contributed by atoms with Gasteiger partial charge in [0.25, 0.3) is 0 Å². The number of carbonyl (C=O) groups is 1. The molecule has 0 radical (unpaired) electrons. The fraction of sp³-hybridized carbons (Fsp3) is 0.500. The summed E-state index contributed by atoms with van der Waals surface area (Å²) >= 11 is 0. The molecule has 1 atom stereocenters. The maximum Gasteiger partial charge on any atom is 0.412 e. The molecular formula is C14H18F4N2O2. The third kappa shape index (κ3) is 5.88. The number of anilines is 1. The first-order chi connectivity index (χ1) is 9.88. The van der Waals surface area contributed by atoms with E-state index in [9.17, 15) is 22.4 Å². The number of nitrogens with two attached hydrogens (primary N) is 1. The van der Waals surface area contributed by atoms with Crippen molar-refractivity contribution < 1.29 is 27.1 Å². The summed E-state index contributed by atoms with van der Waals surface area (Å²) in [6.45, 7) is 4.97. The minimum Gasteiger partial charge on any atom is -0.444 e. The van der Waals surface area contributed by atoms with Gasteiger partial charge in [-0.1, -0.05) is 0 Å². The van der Waals surface area contributed by atoms with E-state index >= 15 is 0 Å². The summed E-state index contributed by atoms with van der Waals surface area (Å²) in [5.74, 6) is -0.825. The molecule has 22 heavy (non-hydrogen) atoms. The van der Waals surface area contributed by atoms with Crippen molar-refractivity contribution in [3.63, 3.8) is 0 Å². The zero-order chi connectivity index (χ0) is 17.1. The zero-order valence-electron chi connectivity index (χ0n) is 12.4.